The maximum absolute atomic E-state index is 9.13. The first-order valence-corrected chi connectivity index (χ1v) is 6.89. The van der Waals surface area contributed by atoms with Gasteiger partial charge in [0.25, 0.3) is 0 Å². The van der Waals surface area contributed by atoms with Gasteiger partial charge in [-0.2, -0.15) is 0 Å². The summed E-state index contributed by atoms with van der Waals surface area (Å²) in [6.07, 6.45) is 1.15. The Labute approximate surface area is 111 Å². The fourth-order valence-electron chi connectivity index (χ4n) is 2.13. The number of hydrogen-bond donors (Lipinski definition) is 2. The number of rotatable bonds is 8. The van der Waals surface area contributed by atoms with Crippen LogP contribution in [0, 0.1) is 6.92 Å². The maximum atomic E-state index is 9.13. The first-order chi connectivity index (χ1) is 8.72. The summed E-state index contributed by atoms with van der Waals surface area (Å²) >= 11 is 0. The van der Waals surface area contributed by atoms with E-state index in [0.29, 0.717) is 6.54 Å². The summed E-state index contributed by atoms with van der Waals surface area (Å²) in [4.78, 5) is 2.22. The summed E-state index contributed by atoms with van der Waals surface area (Å²) in [7, 11) is 0. The quantitative estimate of drug-likeness (QED) is 0.695. The summed E-state index contributed by atoms with van der Waals surface area (Å²) in [5.41, 5.74) is 3.84. The fraction of sp³-hybridized carbons (Fsp3) is 0.600. The molecule has 3 heteroatoms. The number of anilines is 1. The molecule has 102 valence electrons. The number of nitrogens with one attached hydrogen (secondary N) is 1. The monoisotopic (exact) mass is 250 g/mol. The van der Waals surface area contributed by atoms with E-state index < -0.39 is 0 Å². The van der Waals surface area contributed by atoms with Crippen LogP contribution in [0.3, 0.4) is 0 Å². The molecular formula is C15H26N2O. The molecule has 1 rings (SSSR count). The molecule has 0 aromatic heterocycles. The molecule has 2 N–H and O–H groups in total. The Bertz CT molecular complexity index is 352. The molecule has 18 heavy (non-hydrogen) atoms. The fourth-order valence-corrected chi connectivity index (χ4v) is 2.13. The van der Waals surface area contributed by atoms with Crippen LogP contribution >= 0.6 is 0 Å². The van der Waals surface area contributed by atoms with Crippen LogP contribution in [0.5, 0.6) is 0 Å². The lowest BCUT2D eigenvalue weighted by molar-refractivity contribution is 0.302. The first kappa shape index (κ1) is 15.0. The number of nitrogens with zero attached hydrogens (tertiary/aromatic N) is 1. The molecule has 0 radical (unpaired) electrons. The normalized spacial score (nSPS) is 10.7. The minimum Gasteiger partial charge on any atom is -0.395 e. The molecule has 0 saturated heterocycles. The van der Waals surface area contributed by atoms with Crippen molar-refractivity contribution in [3.05, 3.63) is 29.3 Å². The number of aliphatic hydroxyl groups excluding tert-OH is 1. The molecule has 0 saturated carbocycles. The van der Waals surface area contributed by atoms with Crippen LogP contribution in [0.4, 0.5) is 5.69 Å². The first-order valence-electron chi connectivity index (χ1n) is 6.89. The molecule has 1 aromatic rings. The summed E-state index contributed by atoms with van der Waals surface area (Å²) < 4.78 is 0. The number of aryl methyl sites for hydroxylation is 1. The van der Waals surface area contributed by atoms with Gasteiger partial charge in [0.1, 0.15) is 0 Å². The third-order valence-corrected chi connectivity index (χ3v) is 3.07. The third kappa shape index (κ3) is 4.31. The van der Waals surface area contributed by atoms with Gasteiger partial charge < -0.3 is 15.3 Å². The topological polar surface area (TPSA) is 35.5 Å². The molecule has 0 amide bonds. The van der Waals surface area contributed by atoms with Gasteiger partial charge in [-0.1, -0.05) is 24.6 Å². The van der Waals surface area contributed by atoms with Crippen molar-refractivity contribution in [2.45, 2.75) is 33.7 Å². The highest BCUT2D eigenvalue weighted by Gasteiger charge is 2.09. The van der Waals surface area contributed by atoms with Crippen molar-refractivity contribution in [3.63, 3.8) is 0 Å². The third-order valence-electron chi connectivity index (χ3n) is 3.07. The highest BCUT2D eigenvalue weighted by atomic mass is 16.3. The van der Waals surface area contributed by atoms with E-state index in [2.05, 4.69) is 49.2 Å². The lowest BCUT2D eigenvalue weighted by Crippen LogP contribution is -2.28. The van der Waals surface area contributed by atoms with Gasteiger partial charge in [0.2, 0.25) is 0 Å². The van der Waals surface area contributed by atoms with E-state index in [9.17, 15) is 0 Å². The molecule has 0 aliphatic carbocycles. The second-order valence-electron chi connectivity index (χ2n) is 4.61. The molecule has 3 nitrogen and oxygen atoms in total. The zero-order valence-corrected chi connectivity index (χ0v) is 11.9. The molecule has 0 aliphatic rings. The average molecular weight is 250 g/mol. The molecule has 0 heterocycles. The van der Waals surface area contributed by atoms with Crippen LogP contribution < -0.4 is 10.2 Å². The van der Waals surface area contributed by atoms with Crippen LogP contribution in [-0.2, 0) is 6.54 Å². The Balaban J connectivity index is 2.86. The Morgan fingerprint density at radius 1 is 1.28 bits per heavy atom. The Morgan fingerprint density at radius 3 is 2.67 bits per heavy atom. The largest absolute Gasteiger partial charge is 0.395 e. The number of benzene rings is 1. The van der Waals surface area contributed by atoms with Crippen molar-refractivity contribution in [1.29, 1.82) is 0 Å². The summed E-state index contributed by atoms with van der Waals surface area (Å²) in [5.74, 6) is 0. The van der Waals surface area contributed by atoms with E-state index >= 15 is 0 Å². The predicted octanol–water partition coefficient (Wildman–Crippen LogP) is 2.31. The van der Waals surface area contributed by atoms with E-state index in [1.165, 1.54) is 16.8 Å². The van der Waals surface area contributed by atoms with Gasteiger partial charge in [0.05, 0.1) is 6.61 Å². The Kier molecular flexibility index (Phi) is 6.76. The molecule has 0 fully saturated rings. The molecule has 1 aromatic carbocycles. The lowest BCUT2D eigenvalue weighted by atomic mass is 10.1. The number of hydrogen-bond acceptors (Lipinski definition) is 3. The average Bonchev–Trinajstić information content (AvgIpc) is 2.37. The predicted molar refractivity (Wildman–Crippen MR) is 78.1 cm³/mol. The van der Waals surface area contributed by atoms with Crippen molar-refractivity contribution in [2.75, 3.05) is 31.1 Å². The molecule has 0 aliphatic heterocycles. The second-order valence-corrected chi connectivity index (χ2v) is 4.61. The van der Waals surface area contributed by atoms with Gasteiger partial charge in [-0.15, -0.1) is 0 Å². The molecular weight excluding hydrogens is 224 g/mol. The van der Waals surface area contributed by atoms with Crippen molar-refractivity contribution >= 4 is 5.69 Å². The molecule has 0 bridgehead atoms. The van der Waals surface area contributed by atoms with Crippen molar-refractivity contribution < 1.29 is 5.11 Å². The van der Waals surface area contributed by atoms with E-state index in [4.69, 9.17) is 5.11 Å². The Hall–Kier alpha value is -1.06. The highest BCUT2D eigenvalue weighted by Crippen LogP contribution is 2.21. The number of likely N-dealkylation sites (N-methyl/N-ethyl adjacent to an activating group) is 1. The van der Waals surface area contributed by atoms with Gasteiger partial charge in [0, 0.05) is 25.3 Å². The summed E-state index contributed by atoms with van der Waals surface area (Å²) in [6, 6.07) is 6.54. The smallest absolute Gasteiger partial charge is 0.0606 e. The van der Waals surface area contributed by atoms with Crippen LogP contribution in [0.1, 0.15) is 31.4 Å². The van der Waals surface area contributed by atoms with Crippen LogP contribution in [0.15, 0.2) is 18.2 Å². The van der Waals surface area contributed by atoms with Crippen LogP contribution in [0.25, 0.3) is 0 Å². The van der Waals surface area contributed by atoms with Gasteiger partial charge in [-0.3, -0.25) is 0 Å². The zero-order chi connectivity index (χ0) is 13.4. The SMILES string of the molecule is CCCNCc1cc(C)ccc1N(CC)CCO. The van der Waals surface area contributed by atoms with Crippen molar-refractivity contribution in [3.8, 4) is 0 Å². The van der Waals surface area contributed by atoms with Crippen LogP contribution in [-0.4, -0.2) is 31.3 Å². The van der Waals surface area contributed by atoms with E-state index in [-0.39, 0.29) is 6.61 Å². The van der Waals surface area contributed by atoms with E-state index in [1.54, 1.807) is 0 Å². The van der Waals surface area contributed by atoms with Gasteiger partial charge in [-0.25, -0.2) is 0 Å². The van der Waals surface area contributed by atoms with Crippen molar-refractivity contribution in [2.24, 2.45) is 0 Å². The minimum absolute atomic E-state index is 0.198. The van der Waals surface area contributed by atoms with Crippen molar-refractivity contribution in [1.82, 2.24) is 5.32 Å². The summed E-state index contributed by atoms with van der Waals surface area (Å²) in [6.45, 7) is 10.2. The van der Waals surface area contributed by atoms with Gasteiger partial charge in [0.15, 0.2) is 0 Å². The summed E-state index contributed by atoms with van der Waals surface area (Å²) in [5, 5.41) is 12.6. The second kappa shape index (κ2) is 8.11. The maximum Gasteiger partial charge on any atom is 0.0606 e. The molecule has 0 unspecified atom stereocenters. The van der Waals surface area contributed by atoms with Gasteiger partial charge in [-0.05, 0) is 38.4 Å². The standard InChI is InChI=1S/C15H26N2O/c1-4-8-16-12-14-11-13(3)6-7-15(14)17(5-2)9-10-18/h6-7,11,16,18H,4-5,8-10,12H2,1-3H3. The number of aliphatic hydroxyl groups is 1. The highest BCUT2D eigenvalue weighted by molar-refractivity contribution is 5.55. The van der Waals surface area contributed by atoms with Crippen LogP contribution in [0.2, 0.25) is 0 Å². The van der Waals surface area contributed by atoms with Gasteiger partial charge >= 0.3 is 0 Å². The Morgan fingerprint density at radius 2 is 2.06 bits per heavy atom. The molecule has 0 atom stereocenters. The zero-order valence-electron chi connectivity index (χ0n) is 11.9. The minimum atomic E-state index is 0.198. The van der Waals surface area contributed by atoms with E-state index in [0.717, 1.165) is 26.1 Å². The van der Waals surface area contributed by atoms with E-state index in [1.807, 2.05) is 0 Å². The molecule has 0 spiro atoms. The lowest BCUT2D eigenvalue weighted by Gasteiger charge is -2.25.